The van der Waals surface area contributed by atoms with Gasteiger partial charge in [0.25, 0.3) is 0 Å². The predicted molar refractivity (Wildman–Crippen MR) is 119 cm³/mol. The number of methoxy groups -OCH3 is 1. The zero-order valence-electron chi connectivity index (χ0n) is 16.7. The third-order valence-corrected chi connectivity index (χ3v) is 7.30. The molecule has 0 aliphatic heterocycles. The van der Waals surface area contributed by atoms with Gasteiger partial charge in [-0.15, -0.1) is 11.8 Å². The first-order valence-electron chi connectivity index (χ1n) is 9.88. The summed E-state index contributed by atoms with van der Waals surface area (Å²) in [4.78, 5) is 23.3. The number of carbonyl (C=O) groups is 2. The largest absolute Gasteiger partial charge is 0.468 e. The fourth-order valence-corrected chi connectivity index (χ4v) is 5.51. The molecule has 1 aromatic carbocycles. The van der Waals surface area contributed by atoms with E-state index in [2.05, 4.69) is 4.74 Å². The van der Waals surface area contributed by atoms with Crippen LogP contribution in [0, 0.1) is 5.92 Å². The number of carbonyl (C=O) groups excluding carboxylic acids is 2. The Morgan fingerprint density at radius 3 is 2.79 bits per heavy atom. The number of aryl methyl sites for hydroxylation is 1. The van der Waals surface area contributed by atoms with Gasteiger partial charge < -0.3 is 14.9 Å². The van der Waals surface area contributed by atoms with Crippen LogP contribution in [0.4, 0.5) is 0 Å². The van der Waals surface area contributed by atoms with E-state index >= 15 is 0 Å². The molecule has 0 radical (unpaired) electrons. The number of esters is 1. The molecule has 1 fully saturated rings. The van der Waals surface area contributed by atoms with Gasteiger partial charge in [-0.1, -0.05) is 42.5 Å². The fraction of sp³-hybridized carbons (Fsp3) is 0.545. The molecule has 1 aliphatic rings. The van der Waals surface area contributed by atoms with E-state index in [1.165, 1.54) is 24.4 Å². The number of benzene rings is 1. The summed E-state index contributed by atoms with van der Waals surface area (Å²) in [7, 11) is 1.38. The Bertz CT molecular complexity index is 664. The smallest absolute Gasteiger partial charge is 0.315 e. The zero-order chi connectivity index (χ0) is 21.1. The van der Waals surface area contributed by atoms with Gasteiger partial charge in [-0.3, -0.25) is 9.59 Å². The monoisotopic (exact) mass is 438 g/mol. The lowest BCUT2D eigenvalue weighted by atomic mass is 10.0. The highest BCUT2D eigenvalue weighted by molar-refractivity contribution is 8.01. The molecule has 160 valence electrons. The van der Waals surface area contributed by atoms with Crippen LogP contribution >= 0.6 is 23.5 Å². The highest BCUT2D eigenvalue weighted by Gasteiger charge is 2.40. The minimum Gasteiger partial charge on any atom is -0.468 e. The highest BCUT2D eigenvalue weighted by atomic mass is 32.2. The van der Waals surface area contributed by atoms with Crippen LogP contribution in [0.15, 0.2) is 42.5 Å². The molecule has 0 spiro atoms. The Kier molecular flexibility index (Phi) is 10.8. The third kappa shape index (κ3) is 8.54. The van der Waals surface area contributed by atoms with Gasteiger partial charge in [0, 0.05) is 12.3 Å². The summed E-state index contributed by atoms with van der Waals surface area (Å²) in [6, 6.07) is 9.99. The summed E-state index contributed by atoms with van der Waals surface area (Å²) in [5, 5.41) is 20.2. The molecule has 2 N–H and O–H groups in total. The van der Waals surface area contributed by atoms with Crippen molar-refractivity contribution in [3.8, 4) is 0 Å². The Morgan fingerprint density at radius 1 is 1.31 bits per heavy atom. The molecule has 1 saturated carbocycles. The lowest BCUT2D eigenvalue weighted by molar-refractivity contribution is -0.137. The molecule has 7 heteroatoms. The van der Waals surface area contributed by atoms with Crippen molar-refractivity contribution in [2.75, 3.05) is 24.4 Å². The minimum atomic E-state index is -0.689. The van der Waals surface area contributed by atoms with Crippen LogP contribution in [0.3, 0.4) is 0 Å². The molecule has 0 amide bonds. The second-order valence-electron chi connectivity index (χ2n) is 7.07. The van der Waals surface area contributed by atoms with E-state index in [1.54, 1.807) is 17.8 Å². The summed E-state index contributed by atoms with van der Waals surface area (Å²) in [6.45, 7) is 0. The minimum absolute atomic E-state index is 0.0677. The lowest BCUT2D eigenvalue weighted by Gasteiger charge is -2.17. The van der Waals surface area contributed by atoms with Crippen LogP contribution in [0.1, 0.15) is 24.8 Å². The van der Waals surface area contributed by atoms with Crippen LogP contribution < -0.4 is 0 Å². The first-order valence-corrected chi connectivity index (χ1v) is 12.1. The molecule has 0 saturated heterocycles. The first kappa shape index (κ1) is 24.0. The van der Waals surface area contributed by atoms with Crippen molar-refractivity contribution in [3.63, 3.8) is 0 Å². The van der Waals surface area contributed by atoms with Gasteiger partial charge in [0.2, 0.25) is 0 Å². The van der Waals surface area contributed by atoms with E-state index in [9.17, 15) is 19.8 Å². The Balaban J connectivity index is 1.75. The van der Waals surface area contributed by atoms with Gasteiger partial charge in [0.1, 0.15) is 5.78 Å². The van der Waals surface area contributed by atoms with Crippen LogP contribution in [-0.2, 0) is 20.7 Å². The molecule has 1 aromatic rings. The van der Waals surface area contributed by atoms with E-state index in [-0.39, 0.29) is 29.3 Å². The topological polar surface area (TPSA) is 83.8 Å². The Hall–Kier alpha value is -1.28. The number of thioether (sulfide) groups is 2. The second-order valence-corrected chi connectivity index (χ2v) is 9.42. The molecule has 1 aliphatic carbocycles. The van der Waals surface area contributed by atoms with Crippen LogP contribution in [-0.4, -0.2) is 63.8 Å². The molecular formula is C22H30O5S2. The summed E-state index contributed by atoms with van der Waals surface area (Å²) in [5.74, 6) is 1.53. The number of aliphatic hydroxyl groups is 2. The average molecular weight is 439 g/mol. The number of ketones is 1. The van der Waals surface area contributed by atoms with Gasteiger partial charge in [-0.25, -0.2) is 0 Å². The molecule has 29 heavy (non-hydrogen) atoms. The molecular weight excluding hydrogens is 408 g/mol. The second kappa shape index (κ2) is 13.1. The lowest BCUT2D eigenvalue weighted by Crippen LogP contribution is -2.22. The number of aliphatic hydroxyl groups excluding tert-OH is 2. The summed E-state index contributed by atoms with van der Waals surface area (Å²) >= 11 is 3.08. The van der Waals surface area contributed by atoms with Gasteiger partial charge in [-0.2, -0.15) is 11.8 Å². The van der Waals surface area contributed by atoms with E-state index in [0.717, 1.165) is 24.3 Å². The van der Waals surface area contributed by atoms with Crippen molar-refractivity contribution in [1.29, 1.82) is 0 Å². The first-order chi connectivity index (χ1) is 14.0. The molecule has 2 rings (SSSR count). The standard InChI is InChI=1S/C22H30O5S2/c1-27-21(26)15-28-12-5-13-29-22-18(19(24)14-20(22)25)11-10-17(23)9-8-16-6-3-2-4-7-16/h2-4,6-7,10-11,17-19,22-24H,5,8-9,12-15H2,1H3/b11-10+/t17?,18?,19-,22-/m1/s1. The molecule has 5 nitrogen and oxygen atoms in total. The molecule has 0 aromatic heterocycles. The van der Waals surface area contributed by atoms with Gasteiger partial charge >= 0.3 is 5.97 Å². The van der Waals surface area contributed by atoms with Crippen molar-refractivity contribution in [1.82, 2.24) is 0 Å². The number of ether oxygens (including phenoxy) is 1. The SMILES string of the molecule is COC(=O)CSCCCS[C@H]1C(=O)C[C@@H](O)C1/C=C/C(O)CCc1ccccc1. The summed E-state index contributed by atoms with van der Waals surface area (Å²) in [6.07, 6.45) is 4.67. The molecule has 2 unspecified atom stereocenters. The molecule has 0 bridgehead atoms. The Labute approximate surface area is 181 Å². The van der Waals surface area contributed by atoms with E-state index in [1.807, 2.05) is 36.4 Å². The maximum atomic E-state index is 12.3. The summed E-state index contributed by atoms with van der Waals surface area (Å²) < 4.78 is 4.60. The predicted octanol–water partition coefficient (Wildman–Crippen LogP) is 2.88. The highest BCUT2D eigenvalue weighted by Crippen LogP contribution is 2.34. The normalized spacial score (nSPS) is 22.9. The van der Waals surface area contributed by atoms with E-state index in [4.69, 9.17) is 0 Å². The van der Waals surface area contributed by atoms with Crippen LogP contribution in [0.2, 0.25) is 0 Å². The van der Waals surface area contributed by atoms with Crippen molar-refractivity contribution in [3.05, 3.63) is 48.0 Å². The van der Waals surface area contributed by atoms with Gasteiger partial charge in [0.05, 0.1) is 30.3 Å². The third-order valence-electron chi connectivity index (χ3n) is 4.83. The molecule has 4 atom stereocenters. The van der Waals surface area contributed by atoms with Gasteiger partial charge in [0.15, 0.2) is 0 Å². The maximum absolute atomic E-state index is 12.3. The molecule has 0 heterocycles. The maximum Gasteiger partial charge on any atom is 0.315 e. The summed E-state index contributed by atoms with van der Waals surface area (Å²) in [5.41, 5.74) is 1.18. The number of hydrogen-bond acceptors (Lipinski definition) is 7. The van der Waals surface area contributed by atoms with Crippen molar-refractivity contribution in [2.45, 2.75) is 43.1 Å². The number of Topliss-reactive ketones (excluding diaryl/α,β-unsaturated/α-hetero) is 1. The van der Waals surface area contributed by atoms with Crippen LogP contribution in [0.25, 0.3) is 0 Å². The van der Waals surface area contributed by atoms with Crippen molar-refractivity contribution >= 4 is 35.3 Å². The number of hydrogen-bond donors (Lipinski definition) is 2. The van der Waals surface area contributed by atoms with E-state index < -0.39 is 12.2 Å². The zero-order valence-corrected chi connectivity index (χ0v) is 18.4. The Morgan fingerprint density at radius 2 is 2.07 bits per heavy atom. The fourth-order valence-electron chi connectivity index (χ4n) is 3.21. The van der Waals surface area contributed by atoms with E-state index in [0.29, 0.717) is 12.2 Å². The van der Waals surface area contributed by atoms with Crippen molar-refractivity contribution < 1.29 is 24.5 Å². The van der Waals surface area contributed by atoms with Crippen LogP contribution in [0.5, 0.6) is 0 Å². The average Bonchev–Trinajstić information content (AvgIpc) is 3.00. The number of rotatable bonds is 12. The van der Waals surface area contributed by atoms with Crippen molar-refractivity contribution in [2.24, 2.45) is 5.92 Å². The van der Waals surface area contributed by atoms with Gasteiger partial charge in [-0.05, 0) is 36.3 Å². The quantitative estimate of drug-likeness (QED) is 0.295.